The van der Waals surface area contributed by atoms with E-state index in [1.807, 2.05) is 29.8 Å². The average molecular weight is 348 g/mol. The molecular weight excluding hydrogens is 324 g/mol. The van der Waals surface area contributed by atoms with Gasteiger partial charge in [-0.15, -0.1) is 0 Å². The van der Waals surface area contributed by atoms with E-state index in [0.717, 1.165) is 30.9 Å². The highest BCUT2D eigenvalue weighted by atomic mass is 32.1. The zero-order valence-electron chi connectivity index (χ0n) is 14.5. The van der Waals surface area contributed by atoms with Gasteiger partial charge in [0, 0.05) is 30.5 Å². The number of hydrogen-bond donors (Lipinski definition) is 2. The van der Waals surface area contributed by atoms with Crippen molar-refractivity contribution in [1.82, 2.24) is 15.1 Å². The third-order valence-corrected chi connectivity index (χ3v) is 3.82. The molecule has 0 aliphatic heterocycles. The van der Waals surface area contributed by atoms with Gasteiger partial charge in [0.25, 0.3) is 0 Å². The van der Waals surface area contributed by atoms with Crippen LogP contribution in [0.2, 0.25) is 0 Å². The van der Waals surface area contributed by atoms with E-state index in [4.69, 9.17) is 21.7 Å². The van der Waals surface area contributed by atoms with E-state index in [0.29, 0.717) is 16.6 Å². The number of nitrogens with one attached hydrogen (secondary N) is 2. The molecule has 0 aliphatic carbocycles. The number of anilines is 1. The molecule has 1 aromatic heterocycles. The maximum Gasteiger partial charge on any atom is 0.170 e. The summed E-state index contributed by atoms with van der Waals surface area (Å²) >= 11 is 5.32. The zero-order valence-corrected chi connectivity index (χ0v) is 15.4. The molecule has 0 aliphatic rings. The maximum absolute atomic E-state index is 5.32. The Balaban J connectivity index is 1.78. The summed E-state index contributed by atoms with van der Waals surface area (Å²) in [6.07, 6.45) is 0.940. The fourth-order valence-corrected chi connectivity index (χ4v) is 2.64. The van der Waals surface area contributed by atoms with Crippen molar-refractivity contribution in [2.45, 2.75) is 26.8 Å². The lowest BCUT2D eigenvalue weighted by Crippen LogP contribution is -2.29. The molecule has 2 aromatic rings. The van der Waals surface area contributed by atoms with Crippen LogP contribution in [0, 0.1) is 13.8 Å². The highest BCUT2D eigenvalue weighted by molar-refractivity contribution is 7.80. The minimum atomic E-state index is 0.579. The van der Waals surface area contributed by atoms with Crippen LogP contribution in [0.3, 0.4) is 0 Å². The van der Waals surface area contributed by atoms with Crippen molar-refractivity contribution >= 4 is 23.0 Å². The molecule has 0 radical (unpaired) electrons. The summed E-state index contributed by atoms with van der Waals surface area (Å²) in [5.41, 5.74) is 3.08. The Morgan fingerprint density at radius 2 is 1.92 bits per heavy atom. The standard InChI is InChI=1S/C17H24N4O2S/c1-12-10-13(2)21(20-12)9-5-8-18-17(24)19-14-6-7-15(22-3)16(11-14)23-4/h6-7,10-11H,5,8-9H2,1-4H3,(H2,18,19,24). The van der Waals surface area contributed by atoms with Crippen molar-refractivity contribution in [3.8, 4) is 11.5 Å². The second kappa shape index (κ2) is 8.54. The van der Waals surface area contributed by atoms with Crippen molar-refractivity contribution in [1.29, 1.82) is 0 Å². The number of nitrogens with zero attached hydrogens (tertiary/aromatic N) is 2. The first kappa shape index (κ1) is 18.1. The van der Waals surface area contributed by atoms with Crippen LogP contribution in [0.25, 0.3) is 0 Å². The van der Waals surface area contributed by atoms with E-state index in [1.54, 1.807) is 14.2 Å². The molecule has 0 atom stereocenters. The molecule has 2 N–H and O–H groups in total. The second-order valence-electron chi connectivity index (χ2n) is 5.45. The van der Waals surface area contributed by atoms with Gasteiger partial charge in [0.1, 0.15) is 0 Å². The molecular formula is C17H24N4O2S. The van der Waals surface area contributed by atoms with Gasteiger partial charge in [-0.3, -0.25) is 4.68 Å². The molecule has 130 valence electrons. The lowest BCUT2D eigenvalue weighted by Gasteiger charge is -2.13. The average Bonchev–Trinajstić information content (AvgIpc) is 2.89. The number of benzene rings is 1. The Bertz CT molecular complexity index is 700. The molecule has 0 saturated carbocycles. The van der Waals surface area contributed by atoms with Crippen molar-refractivity contribution in [2.75, 3.05) is 26.1 Å². The van der Waals surface area contributed by atoms with E-state index in [-0.39, 0.29) is 0 Å². The molecule has 1 aromatic carbocycles. The third kappa shape index (κ3) is 4.86. The molecule has 0 bridgehead atoms. The Hall–Kier alpha value is -2.28. The van der Waals surface area contributed by atoms with Crippen molar-refractivity contribution in [3.63, 3.8) is 0 Å². The first-order valence-electron chi connectivity index (χ1n) is 7.81. The van der Waals surface area contributed by atoms with Crippen LogP contribution in [-0.2, 0) is 6.54 Å². The van der Waals surface area contributed by atoms with Gasteiger partial charge in [0.05, 0.1) is 19.9 Å². The van der Waals surface area contributed by atoms with Crippen molar-refractivity contribution < 1.29 is 9.47 Å². The Kier molecular flexibility index (Phi) is 6.43. The molecule has 6 nitrogen and oxygen atoms in total. The summed E-state index contributed by atoms with van der Waals surface area (Å²) in [5, 5.41) is 11.4. The lowest BCUT2D eigenvalue weighted by molar-refractivity contribution is 0.355. The summed E-state index contributed by atoms with van der Waals surface area (Å²) in [5.74, 6) is 1.35. The van der Waals surface area contributed by atoms with Crippen LogP contribution in [-0.4, -0.2) is 35.7 Å². The minimum Gasteiger partial charge on any atom is -0.493 e. The fourth-order valence-electron chi connectivity index (χ4n) is 2.42. The van der Waals surface area contributed by atoms with E-state index in [2.05, 4.69) is 28.7 Å². The van der Waals surface area contributed by atoms with Crippen molar-refractivity contribution in [3.05, 3.63) is 35.7 Å². The molecule has 24 heavy (non-hydrogen) atoms. The number of hydrogen-bond acceptors (Lipinski definition) is 4. The maximum atomic E-state index is 5.32. The lowest BCUT2D eigenvalue weighted by atomic mass is 10.3. The predicted molar refractivity (Wildman–Crippen MR) is 100 cm³/mol. The number of aryl methyl sites for hydroxylation is 3. The van der Waals surface area contributed by atoms with Gasteiger partial charge in [0.15, 0.2) is 16.6 Å². The second-order valence-corrected chi connectivity index (χ2v) is 5.86. The quantitative estimate of drug-likeness (QED) is 0.593. The van der Waals surface area contributed by atoms with E-state index < -0.39 is 0 Å². The monoisotopic (exact) mass is 348 g/mol. The van der Waals surface area contributed by atoms with Crippen LogP contribution in [0.15, 0.2) is 24.3 Å². The molecule has 2 rings (SSSR count). The normalized spacial score (nSPS) is 10.3. The largest absolute Gasteiger partial charge is 0.493 e. The van der Waals surface area contributed by atoms with Gasteiger partial charge >= 0.3 is 0 Å². The number of thiocarbonyl (C=S) groups is 1. The van der Waals surface area contributed by atoms with Gasteiger partial charge in [-0.2, -0.15) is 5.10 Å². The number of rotatable bonds is 7. The van der Waals surface area contributed by atoms with E-state index >= 15 is 0 Å². The Morgan fingerprint density at radius 3 is 2.54 bits per heavy atom. The van der Waals surface area contributed by atoms with Gasteiger partial charge in [-0.05, 0) is 50.7 Å². The third-order valence-electron chi connectivity index (χ3n) is 3.58. The summed E-state index contributed by atoms with van der Waals surface area (Å²) in [7, 11) is 3.22. The number of aromatic nitrogens is 2. The van der Waals surface area contributed by atoms with Crippen LogP contribution in [0.4, 0.5) is 5.69 Å². The van der Waals surface area contributed by atoms with Crippen LogP contribution in [0.1, 0.15) is 17.8 Å². The summed E-state index contributed by atoms with van der Waals surface area (Å²) < 4.78 is 12.5. The van der Waals surface area contributed by atoms with E-state index in [9.17, 15) is 0 Å². The molecule has 0 spiro atoms. The Morgan fingerprint density at radius 1 is 1.17 bits per heavy atom. The highest BCUT2D eigenvalue weighted by Gasteiger charge is 2.06. The van der Waals surface area contributed by atoms with Crippen molar-refractivity contribution in [2.24, 2.45) is 0 Å². The fraction of sp³-hybridized carbons (Fsp3) is 0.412. The Labute approximate surface area is 148 Å². The molecule has 0 unspecified atom stereocenters. The molecule has 7 heteroatoms. The van der Waals surface area contributed by atoms with Crippen LogP contribution < -0.4 is 20.1 Å². The number of ether oxygens (including phenoxy) is 2. The van der Waals surface area contributed by atoms with Crippen LogP contribution in [0.5, 0.6) is 11.5 Å². The van der Waals surface area contributed by atoms with Gasteiger partial charge in [-0.1, -0.05) is 0 Å². The van der Waals surface area contributed by atoms with Gasteiger partial charge < -0.3 is 20.1 Å². The molecule has 0 fully saturated rings. The van der Waals surface area contributed by atoms with Gasteiger partial charge in [-0.25, -0.2) is 0 Å². The van der Waals surface area contributed by atoms with Gasteiger partial charge in [0.2, 0.25) is 0 Å². The minimum absolute atomic E-state index is 0.579. The summed E-state index contributed by atoms with van der Waals surface area (Å²) in [4.78, 5) is 0. The molecule has 0 saturated heterocycles. The first-order chi connectivity index (χ1) is 11.5. The van der Waals surface area contributed by atoms with E-state index in [1.165, 1.54) is 5.69 Å². The topological polar surface area (TPSA) is 60.3 Å². The molecule has 0 amide bonds. The summed E-state index contributed by atoms with van der Waals surface area (Å²) in [6, 6.07) is 7.66. The first-order valence-corrected chi connectivity index (χ1v) is 8.22. The zero-order chi connectivity index (χ0) is 17.5. The number of methoxy groups -OCH3 is 2. The summed E-state index contributed by atoms with van der Waals surface area (Å²) in [6.45, 7) is 5.71. The predicted octanol–water partition coefficient (Wildman–Crippen LogP) is 2.89. The highest BCUT2D eigenvalue weighted by Crippen LogP contribution is 2.29. The molecule has 1 heterocycles. The van der Waals surface area contributed by atoms with Crippen LogP contribution >= 0.6 is 12.2 Å². The smallest absolute Gasteiger partial charge is 0.170 e. The SMILES string of the molecule is COc1ccc(NC(=S)NCCCn2nc(C)cc2C)cc1OC.